The number of ketones is 1. The predicted molar refractivity (Wildman–Crippen MR) is 128 cm³/mol. The number of nitriles is 1. The van der Waals surface area contributed by atoms with Crippen molar-refractivity contribution in [2.45, 2.75) is 30.7 Å². The number of carbonyl (C=O) groups is 1. The quantitative estimate of drug-likeness (QED) is 0.125. The van der Waals surface area contributed by atoms with Crippen molar-refractivity contribution >= 4 is 23.6 Å². The standard InChI is InChI=1S/C26H20F4N2O3S/c1-15-11-21(24(27)28)32-25(20(15)13-31)36-14-18-12-16(4-10-23(18)34-2)3-9-22(33)17-5-7-19(8-6-17)35-26(29)30/h3-12,24,26H,14H2,1-2H3/b9-3+. The molecule has 0 aliphatic carbocycles. The highest BCUT2D eigenvalue weighted by Crippen LogP contribution is 2.32. The number of pyridine rings is 1. The summed E-state index contributed by atoms with van der Waals surface area (Å²) in [7, 11) is 1.49. The Morgan fingerprint density at radius 1 is 1.14 bits per heavy atom. The van der Waals surface area contributed by atoms with E-state index in [2.05, 4.69) is 9.72 Å². The van der Waals surface area contributed by atoms with Gasteiger partial charge < -0.3 is 9.47 Å². The zero-order valence-corrected chi connectivity index (χ0v) is 20.0. The van der Waals surface area contributed by atoms with Gasteiger partial charge in [-0.1, -0.05) is 12.1 Å². The third-order valence-electron chi connectivity index (χ3n) is 5.00. The number of alkyl halides is 4. The predicted octanol–water partition coefficient (Wildman–Crippen LogP) is 7.00. The molecule has 0 spiro atoms. The lowest BCUT2D eigenvalue weighted by atomic mass is 10.1. The van der Waals surface area contributed by atoms with Gasteiger partial charge in [0.25, 0.3) is 6.43 Å². The molecule has 1 aromatic heterocycles. The average Bonchev–Trinajstić information content (AvgIpc) is 2.85. The first-order valence-corrected chi connectivity index (χ1v) is 11.5. The van der Waals surface area contributed by atoms with Gasteiger partial charge in [0.15, 0.2) is 5.78 Å². The highest BCUT2D eigenvalue weighted by atomic mass is 32.2. The summed E-state index contributed by atoms with van der Waals surface area (Å²) in [5, 5.41) is 9.64. The van der Waals surface area contributed by atoms with Crippen molar-refractivity contribution in [1.29, 1.82) is 5.26 Å². The molecule has 3 rings (SSSR count). The highest BCUT2D eigenvalue weighted by Gasteiger charge is 2.17. The van der Waals surface area contributed by atoms with Crippen LogP contribution in [0.2, 0.25) is 0 Å². The van der Waals surface area contributed by atoms with E-state index in [0.717, 1.165) is 11.8 Å². The van der Waals surface area contributed by atoms with Crippen LogP contribution in [0.5, 0.6) is 11.5 Å². The van der Waals surface area contributed by atoms with Crippen molar-refractivity contribution < 1.29 is 31.8 Å². The first-order valence-electron chi connectivity index (χ1n) is 10.5. The summed E-state index contributed by atoms with van der Waals surface area (Å²) in [6.45, 7) is -1.37. The number of hydrogen-bond donors (Lipinski definition) is 0. The SMILES string of the molecule is COc1ccc(/C=C/C(=O)c2ccc(OC(F)F)cc2)cc1CSc1nc(C(F)F)cc(C)c1C#N. The van der Waals surface area contributed by atoms with Crippen LogP contribution in [0.25, 0.3) is 6.08 Å². The minimum atomic E-state index is -2.95. The van der Waals surface area contributed by atoms with Crippen molar-refractivity contribution in [2.24, 2.45) is 0 Å². The maximum absolute atomic E-state index is 13.2. The second-order valence-corrected chi connectivity index (χ2v) is 8.38. The molecule has 0 saturated heterocycles. The number of halogens is 4. The lowest BCUT2D eigenvalue weighted by molar-refractivity contribution is -0.0498. The molecule has 0 amide bonds. The normalized spacial score (nSPS) is 11.2. The lowest BCUT2D eigenvalue weighted by Crippen LogP contribution is -2.02. The fraction of sp³-hybridized carbons (Fsp3) is 0.192. The number of aromatic nitrogens is 1. The third kappa shape index (κ3) is 6.86. The van der Waals surface area contributed by atoms with Gasteiger partial charge in [-0.25, -0.2) is 13.8 Å². The van der Waals surface area contributed by atoms with Gasteiger partial charge in [-0.05, 0) is 66.6 Å². The summed E-state index contributed by atoms with van der Waals surface area (Å²) >= 11 is 1.13. The molecule has 3 aromatic rings. The topological polar surface area (TPSA) is 72.2 Å². The average molecular weight is 517 g/mol. The van der Waals surface area contributed by atoms with Gasteiger partial charge in [0, 0.05) is 16.9 Å². The zero-order chi connectivity index (χ0) is 26.2. The van der Waals surface area contributed by atoms with Crippen molar-refractivity contribution in [3.8, 4) is 17.6 Å². The fourth-order valence-electron chi connectivity index (χ4n) is 3.25. The van der Waals surface area contributed by atoms with Crippen LogP contribution in [-0.2, 0) is 5.75 Å². The zero-order valence-electron chi connectivity index (χ0n) is 19.2. The number of thioether (sulfide) groups is 1. The first-order chi connectivity index (χ1) is 17.2. The maximum atomic E-state index is 13.2. The Bertz CT molecular complexity index is 1310. The van der Waals surface area contributed by atoms with Crippen LogP contribution in [0.3, 0.4) is 0 Å². The number of hydrogen-bond acceptors (Lipinski definition) is 6. The largest absolute Gasteiger partial charge is 0.496 e. The third-order valence-corrected chi connectivity index (χ3v) is 6.02. The Kier molecular flexibility index (Phi) is 9.08. The molecule has 0 unspecified atom stereocenters. The highest BCUT2D eigenvalue weighted by molar-refractivity contribution is 7.98. The first kappa shape index (κ1) is 26.8. The molecule has 5 nitrogen and oxygen atoms in total. The number of ether oxygens (including phenoxy) is 2. The fourth-order valence-corrected chi connectivity index (χ4v) is 4.29. The Morgan fingerprint density at radius 2 is 1.86 bits per heavy atom. The second-order valence-electron chi connectivity index (χ2n) is 7.42. The van der Waals surface area contributed by atoms with Crippen molar-refractivity contribution in [1.82, 2.24) is 4.98 Å². The van der Waals surface area contributed by atoms with Gasteiger partial charge in [-0.3, -0.25) is 4.79 Å². The molecule has 0 radical (unpaired) electrons. The Balaban J connectivity index is 1.78. The van der Waals surface area contributed by atoms with Gasteiger partial charge in [0.2, 0.25) is 0 Å². The number of carbonyl (C=O) groups excluding carboxylic acids is 1. The van der Waals surface area contributed by atoms with Crippen LogP contribution in [0.15, 0.2) is 59.6 Å². The Labute approximate surface area is 209 Å². The van der Waals surface area contributed by atoms with E-state index in [-0.39, 0.29) is 27.9 Å². The van der Waals surface area contributed by atoms with E-state index < -0.39 is 18.7 Å². The number of benzene rings is 2. The molecule has 0 aliphatic heterocycles. The van der Waals surface area contributed by atoms with E-state index in [1.165, 1.54) is 43.5 Å². The van der Waals surface area contributed by atoms with E-state index in [1.807, 2.05) is 6.07 Å². The van der Waals surface area contributed by atoms with E-state index in [0.29, 0.717) is 28.0 Å². The smallest absolute Gasteiger partial charge is 0.387 e. The molecule has 0 fully saturated rings. The van der Waals surface area contributed by atoms with Gasteiger partial charge >= 0.3 is 6.61 Å². The monoisotopic (exact) mass is 516 g/mol. The van der Waals surface area contributed by atoms with Crippen LogP contribution >= 0.6 is 11.8 Å². The second kappa shape index (κ2) is 12.2. The summed E-state index contributed by atoms with van der Waals surface area (Å²) in [6, 6.07) is 13.8. The van der Waals surface area contributed by atoms with Crippen LogP contribution in [0.1, 0.15) is 44.7 Å². The van der Waals surface area contributed by atoms with Gasteiger partial charge in [0.1, 0.15) is 28.3 Å². The molecule has 0 saturated carbocycles. The molecule has 2 aromatic carbocycles. The maximum Gasteiger partial charge on any atom is 0.387 e. The minimum Gasteiger partial charge on any atom is -0.496 e. The van der Waals surface area contributed by atoms with Crippen molar-refractivity contribution in [3.05, 3.63) is 88.1 Å². The van der Waals surface area contributed by atoms with Crippen LogP contribution < -0.4 is 9.47 Å². The molecule has 1 heterocycles. The molecular weight excluding hydrogens is 496 g/mol. The molecular formula is C26H20F4N2O3S. The van der Waals surface area contributed by atoms with Gasteiger partial charge in [-0.15, -0.1) is 11.8 Å². The Hall–Kier alpha value is -3.84. The summed E-state index contributed by atoms with van der Waals surface area (Å²) in [5.74, 6) is 0.428. The van der Waals surface area contributed by atoms with E-state index >= 15 is 0 Å². The summed E-state index contributed by atoms with van der Waals surface area (Å²) < 4.78 is 60.6. The number of allylic oxidation sites excluding steroid dienone is 1. The van der Waals surface area contributed by atoms with Crippen LogP contribution in [0.4, 0.5) is 17.6 Å². The number of aryl methyl sites for hydroxylation is 1. The number of methoxy groups -OCH3 is 1. The number of rotatable bonds is 10. The molecule has 10 heteroatoms. The molecule has 0 bridgehead atoms. The molecule has 186 valence electrons. The van der Waals surface area contributed by atoms with Gasteiger partial charge in [-0.2, -0.15) is 14.0 Å². The summed E-state index contributed by atoms with van der Waals surface area (Å²) in [5.41, 5.74) is 1.92. The van der Waals surface area contributed by atoms with E-state index in [9.17, 15) is 27.6 Å². The van der Waals surface area contributed by atoms with E-state index in [1.54, 1.807) is 31.2 Å². The van der Waals surface area contributed by atoms with Crippen molar-refractivity contribution in [2.75, 3.05) is 7.11 Å². The minimum absolute atomic E-state index is 0.0499. The van der Waals surface area contributed by atoms with Crippen LogP contribution in [0, 0.1) is 18.3 Å². The lowest BCUT2D eigenvalue weighted by Gasteiger charge is -2.12. The van der Waals surface area contributed by atoms with E-state index in [4.69, 9.17) is 4.74 Å². The van der Waals surface area contributed by atoms with Crippen LogP contribution in [-0.4, -0.2) is 24.5 Å². The Morgan fingerprint density at radius 3 is 2.47 bits per heavy atom. The molecule has 0 aliphatic rings. The molecule has 0 N–H and O–H groups in total. The van der Waals surface area contributed by atoms with Crippen molar-refractivity contribution in [3.63, 3.8) is 0 Å². The molecule has 0 atom stereocenters. The number of nitrogens with zero attached hydrogens (tertiary/aromatic N) is 2. The van der Waals surface area contributed by atoms with Gasteiger partial charge in [0.05, 0.1) is 12.7 Å². The molecule has 36 heavy (non-hydrogen) atoms. The summed E-state index contributed by atoms with van der Waals surface area (Å²) in [4.78, 5) is 16.4. The summed E-state index contributed by atoms with van der Waals surface area (Å²) in [6.07, 6.45) is 0.163.